The van der Waals surface area contributed by atoms with Crippen LogP contribution in [0.1, 0.15) is 16.7 Å². The highest BCUT2D eigenvalue weighted by Gasteiger charge is 2.34. The third-order valence-electron chi connectivity index (χ3n) is 3.80. The second kappa shape index (κ2) is 6.78. The van der Waals surface area contributed by atoms with Crippen molar-refractivity contribution in [3.63, 3.8) is 0 Å². The SMILES string of the molecule is Cc1ccc(C)c(N2C(=O)C(=Cc3ccc([N+](=O)[O-])cc3)SC2=S)c1. The molecule has 1 saturated heterocycles. The highest BCUT2D eigenvalue weighted by atomic mass is 32.2. The predicted octanol–water partition coefficient (Wildman–Crippen LogP) is 4.62. The van der Waals surface area contributed by atoms with Crippen LogP contribution in [-0.4, -0.2) is 15.2 Å². The van der Waals surface area contributed by atoms with Crippen molar-refractivity contribution in [3.8, 4) is 0 Å². The van der Waals surface area contributed by atoms with Crippen molar-refractivity contribution in [3.05, 3.63) is 74.2 Å². The number of non-ortho nitro benzene ring substituents is 1. The summed E-state index contributed by atoms with van der Waals surface area (Å²) < 4.78 is 0.479. The van der Waals surface area contributed by atoms with Crippen molar-refractivity contribution >= 4 is 51.7 Å². The number of benzene rings is 2. The Morgan fingerprint density at radius 3 is 2.48 bits per heavy atom. The quantitative estimate of drug-likeness (QED) is 0.341. The van der Waals surface area contributed by atoms with Crippen molar-refractivity contribution < 1.29 is 9.72 Å². The number of carbonyl (C=O) groups is 1. The Morgan fingerprint density at radius 1 is 1.16 bits per heavy atom. The summed E-state index contributed by atoms with van der Waals surface area (Å²) in [6, 6.07) is 11.9. The number of nitro groups is 1. The average Bonchev–Trinajstić information content (AvgIpc) is 2.84. The molecule has 0 aliphatic carbocycles. The fourth-order valence-corrected chi connectivity index (χ4v) is 3.76. The number of nitrogens with zero attached hydrogens (tertiary/aromatic N) is 2. The van der Waals surface area contributed by atoms with Gasteiger partial charge in [-0.1, -0.05) is 36.1 Å². The summed E-state index contributed by atoms with van der Waals surface area (Å²) in [4.78, 5) is 25.1. The molecule has 0 bridgehead atoms. The lowest BCUT2D eigenvalue weighted by Gasteiger charge is -2.17. The zero-order valence-corrected chi connectivity index (χ0v) is 15.2. The summed E-state index contributed by atoms with van der Waals surface area (Å²) in [5.74, 6) is -0.179. The highest BCUT2D eigenvalue weighted by molar-refractivity contribution is 8.27. The van der Waals surface area contributed by atoms with Crippen LogP contribution < -0.4 is 4.90 Å². The number of rotatable bonds is 3. The van der Waals surface area contributed by atoms with E-state index < -0.39 is 4.92 Å². The third-order valence-corrected chi connectivity index (χ3v) is 5.10. The second-order valence-electron chi connectivity index (χ2n) is 5.66. The van der Waals surface area contributed by atoms with E-state index in [9.17, 15) is 14.9 Å². The Kier molecular flexibility index (Phi) is 4.69. The lowest BCUT2D eigenvalue weighted by atomic mass is 10.1. The highest BCUT2D eigenvalue weighted by Crippen LogP contribution is 2.37. The molecule has 3 rings (SSSR count). The number of hydrogen-bond acceptors (Lipinski definition) is 5. The zero-order chi connectivity index (χ0) is 18.1. The zero-order valence-electron chi connectivity index (χ0n) is 13.6. The number of nitro benzene ring substituents is 1. The fraction of sp³-hybridized carbons (Fsp3) is 0.111. The van der Waals surface area contributed by atoms with Crippen LogP contribution in [0.25, 0.3) is 6.08 Å². The molecule has 2 aromatic rings. The van der Waals surface area contributed by atoms with Gasteiger partial charge in [-0.25, -0.2) is 0 Å². The first-order chi connectivity index (χ1) is 11.9. The number of amides is 1. The van der Waals surface area contributed by atoms with Crippen LogP contribution in [0.2, 0.25) is 0 Å². The molecule has 7 heteroatoms. The van der Waals surface area contributed by atoms with E-state index in [1.54, 1.807) is 23.1 Å². The molecule has 0 spiro atoms. The second-order valence-corrected chi connectivity index (χ2v) is 7.33. The van der Waals surface area contributed by atoms with Crippen LogP contribution >= 0.6 is 24.0 Å². The standard InChI is InChI=1S/C18H14N2O3S2/c1-11-3-4-12(2)15(9-11)19-17(21)16(25-18(19)24)10-13-5-7-14(8-6-13)20(22)23/h3-10H,1-2H3. The van der Waals surface area contributed by atoms with Gasteiger partial charge in [0.05, 0.1) is 15.5 Å². The van der Waals surface area contributed by atoms with Crippen LogP contribution in [0.3, 0.4) is 0 Å². The number of aryl methyl sites for hydroxylation is 2. The van der Waals surface area contributed by atoms with Gasteiger partial charge in [0.1, 0.15) is 0 Å². The average molecular weight is 370 g/mol. The monoisotopic (exact) mass is 370 g/mol. The van der Waals surface area contributed by atoms with Crippen molar-refractivity contribution in [2.45, 2.75) is 13.8 Å². The molecule has 0 atom stereocenters. The normalized spacial score (nSPS) is 15.9. The minimum absolute atomic E-state index is 0.0140. The molecular formula is C18H14N2O3S2. The van der Waals surface area contributed by atoms with E-state index in [0.29, 0.717) is 14.8 Å². The van der Waals surface area contributed by atoms with Crippen molar-refractivity contribution in [2.24, 2.45) is 0 Å². The molecule has 2 aromatic carbocycles. The first-order valence-electron chi connectivity index (χ1n) is 7.46. The predicted molar refractivity (Wildman–Crippen MR) is 105 cm³/mol. The van der Waals surface area contributed by atoms with Crippen LogP contribution in [0.4, 0.5) is 11.4 Å². The summed E-state index contributed by atoms with van der Waals surface area (Å²) in [5, 5.41) is 10.7. The van der Waals surface area contributed by atoms with E-state index in [1.807, 2.05) is 32.0 Å². The van der Waals surface area contributed by atoms with Crippen LogP contribution in [0, 0.1) is 24.0 Å². The molecule has 25 heavy (non-hydrogen) atoms. The van der Waals surface area contributed by atoms with Gasteiger partial charge in [0, 0.05) is 12.1 Å². The molecule has 0 aromatic heterocycles. The van der Waals surface area contributed by atoms with Gasteiger partial charge in [-0.3, -0.25) is 19.8 Å². The van der Waals surface area contributed by atoms with Gasteiger partial charge >= 0.3 is 0 Å². The first-order valence-corrected chi connectivity index (χ1v) is 8.69. The van der Waals surface area contributed by atoms with Crippen LogP contribution in [-0.2, 0) is 4.79 Å². The van der Waals surface area contributed by atoms with E-state index in [-0.39, 0.29) is 11.6 Å². The van der Waals surface area contributed by atoms with Gasteiger partial charge in [0.15, 0.2) is 4.32 Å². The summed E-state index contributed by atoms with van der Waals surface area (Å²) in [7, 11) is 0. The fourth-order valence-electron chi connectivity index (χ4n) is 2.48. The largest absolute Gasteiger partial charge is 0.270 e. The molecule has 1 amide bonds. The lowest BCUT2D eigenvalue weighted by molar-refractivity contribution is -0.384. The van der Waals surface area contributed by atoms with Gasteiger partial charge in [-0.05, 0) is 54.8 Å². The van der Waals surface area contributed by atoms with Gasteiger partial charge in [0.25, 0.3) is 11.6 Å². The number of hydrogen-bond donors (Lipinski definition) is 0. The number of carbonyl (C=O) groups excluding carboxylic acids is 1. The molecule has 0 N–H and O–H groups in total. The Labute approximate surface area is 154 Å². The Hall–Kier alpha value is -2.51. The molecule has 1 fully saturated rings. The minimum atomic E-state index is -0.455. The van der Waals surface area contributed by atoms with E-state index in [1.165, 1.54) is 23.9 Å². The molecule has 0 saturated carbocycles. The maximum Gasteiger partial charge on any atom is 0.270 e. The summed E-state index contributed by atoms with van der Waals surface area (Å²) in [6.07, 6.45) is 1.70. The summed E-state index contributed by atoms with van der Waals surface area (Å²) >= 11 is 6.62. The molecule has 1 aliphatic heterocycles. The van der Waals surface area contributed by atoms with E-state index >= 15 is 0 Å². The Balaban J connectivity index is 1.93. The summed E-state index contributed by atoms with van der Waals surface area (Å²) in [6.45, 7) is 3.90. The molecule has 0 radical (unpaired) electrons. The maximum absolute atomic E-state index is 12.8. The molecule has 1 aliphatic rings. The van der Waals surface area contributed by atoms with Crippen molar-refractivity contribution in [1.82, 2.24) is 0 Å². The van der Waals surface area contributed by atoms with E-state index in [0.717, 1.165) is 16.8 Å². The number of thiocarbonyl (C=S) groups is 1. The van der Waals surface area contributed by atoms with Gasteiger partial charge in [-0.15, -0.1) is 0 Å². The Morgan fingerprint density at radius 2 is 1.84 bits per heavy atom. The number of anilines is 1. The summed E-state index contributed by atoms with van der Waals surface area (Å²) in [5.41, 5.74) is 3.54. The van der Waals surface area contributed by atoms with Crippen molar-refractivity contribution in [2.75, 3.05) is 4.90 Å². The van der Waals surface area contributed by atoms with Crippen LogP contribution in [0.5, 0.6) is 0 Å². The Bertz CT molecular complexity index is 920. The van der Waals surface area contributed by atoms with Crippen LogP contribution in [0.15, 0.2) is 47.4 Å². The number of thioether (sulfide) groups is 1. The third kappa shape index (κ3) is 3.47. The van der Waals surface area contributed by atoms with Gasteiger partial charge < -0.3 is 0 Å². The molecule has 0 unspecified atom stereocenters. The maximum atomic E-state index is 12.8. The molecule has 126 valence electrons. The molecule has 1 heterocycles. The first kappa shape index (κ1) is 17.3. The molecular weight excluding hydrogens is 356 g/mol. The minimum Gasteiger partial charge on any atom is -0.268 e. The van der Waals surface area contributed by atoms with Gasteiger partial charge in [0.2, 0.25) is 0 Å². The lowest BCUT2D eigenvalue weighted by Crippen LogP contribution is -2.28. The smallest absolute Gasteiger partial charge is 0.268 e. The van der Waals surface area contributed by atoms with E-state index in [2.05, 4.69) is 0 Å². The van der Waals surface area contributed by atoms with Crippen molar-refractivity contribution in [1.29, 1.82) is 0 Å². The topological polar surface area (TPSA) is 63.5 Å². The van der Waals surface area contributed by atoms with Gasteiger partial charge in [-0.2, -0.15) is 0 Å². The van der Waals surface area contributed by atoms with E-state index in [4.69, 9.17) is 12.2 Å². The molecule has 5 nitrogen and oxygen atoms in total.